The Morgan fingerprint density at radius 3 is 2.35 bits per heavy atom. The van der Waals surface area contributed by atoms with Crippen molar-refractivity contribution >= 4 is 5.91 Å². The van der Waals surface area contributed by atoms with Gasteiger partial charge < -0.3 is 10.4 Å². The molecule has 92 valence electrons. The van der Waals surface area contributed by atoms with Gasteiger partial charge in [0.2, 0.25) is 0 Å². The third-order valence-electron chi connectivity index (χ3n) is 3.18. The number of nitrogens with one attached hydrogen (secondary N) is 1. The Hall–Kier alpha value is -1.49. The van der Waals surface area contributed by atoms with Crippen molar-refractivity contribution in [3.8, 4) is 0 Å². The van der Waals surface area contributed by atoms with Crippen LogP contribution in [0.15, 0.2) is 18.2 Å². The first-order chi connectivity index (χ1) is 8.08. The van der Waals surface area contributed by atoms with Crippen molar-refractivity contribution in [1.82, 2.24) is 5.32 Å². The summed E-state index contributed by atoms with van der Waals surface area (Å²) in [5.74, 6) is -2.60. The minimum atomic E-state index is -0.894. The molecule has 0 heterocycles. The number of aliphatic hydroxyl groups excluding tert-OH is 1. The molecule has 1 aliphatic carbocycles. The smallest absolute Gasteiger partial charge is 0.257 e. The summed E-state index contributed by atoms with van der Waals surface area (Å²) in [5.41, 5.74) is -1.29. The summed E-state index contributed by atoms with van der Waals surface area (Å²) in [6, 6.07) is 3.27. The van der Waals surface area contributed by atoms with E-state index < -0.39 is 28.6 Å². The van der Waals surface area contributed by atoms with Crippen LogP contribution in [-0.4, -0.2) is 23.2 Å². The van der Waals surface area contributed by atoms with Crippen molar-refractivity contribution in [2.75, 3.05) is 6.61 Å². The first-order valence-electron chi connectivity index (χ1n) is 5.45. The number of amides is 1. The Balaban J connectivity index is 2.20. The Kier molecular flexibility index (Phi) is 3.11. The number of halogens is 2. The van der Waals surface area contributed by atoms with Gasteiger partial charge in [0.25, 0.3) is 5.91 Å². The van der Waals surface area contributed by atoms with Crippen molar-refractivity contribution in [3.63, 3.8) is 0 Å². The topological polar surface area (TPSA) is 49.3 Å². The van der Waals surface area contributed by atoms with Crippen molar-refractivity contribution in [2.24, 2.45) is 0 Å². The summed E-state index contributed by atoms with van der Waals surface area (Å²) in [4.78, 5) is 11.8. The molecular formula is C12H13F2NO2. The molecule has 1 aromatic rings. The molecule has 1 saturated carbocycles. The molecule has 0 saturated heterocycles. The number of carbonyl (C=O) groups excluding carboxylic acids is 1. The highest BCUT2D eigenvalue weighted by molar-refractivity contribution is 5.95. The lowest BCUT2D eigenvalue weighted by Gasteiger charge is -2.40. The van der Waals surface area contributed by atoms with E-state index >= 15 is 0 Å². The quantitative estimate of drug-likeness (QED) is 0.844. The molecule has 1 fully saturated rings. The average Bonchev–Trinajstić information content (AvgIpc) is 2.23. The maximum Gasteiger partial charge on any atom is 0.257 e. The minimum absolute atomic E-state index is 0.213. The van der Waals surface area contributed by atoms with Crippen LogP contribution in [0.3, 0.4) is 0 Å². The fourth-order valence-corrected chi connectivity index (χ4v) is 1.94. The van der Waals surface area contributed by atoms with E-state index in [1.165, 1.54) is 6.07 Å². The Bertz CT molecular complexity index is 418. The van der Waals surface area contributed by atoms with Gasteiger partial charge >= 0.3 is 0 Å². The van der Waals surface area contributed by atoms with Crippen molar-refractivity contribution in [1.29, 1.82) is 0 Å². The highest BCUT2D eigenvalue weighted by atomic mass is 19.1. The number of carbonyl (C=O) groups is 1. The summed E-state index contributed by atoms with van der Waals surface area (Å²) in [5, 5.41) is 11.7. The van der Waals surface area contributed by atoms with Crippen LogP contribution in [0.25, 0.3) is 0 Å². The highest BCUT2D eigenvalue weighted by Gasteiger charge is 2.38. The van der Waals surface area contributed by atoms with Gasteiger partial charge in [-0.25, -0.2) is 8.78 Å². The van der Waals surface area contributed by atoms with Crippen molar-refractivity contribution in [3.05, 3.63) is 35.4 Å². The fourth-order valence-electron chi connectivity index (χ4n) is 1.94. The van der Waals surface area contributed by atoms with E-state index in [0.717, 1.165) is 18.6 Å². The first-order valence-corrected chi connectivity index (χ1v) is 5.45. The van der Waals surface area contributed by atoms with Gasteiger partial charge in [0.1, 0.15) is 17.2 Å². The average molecular weight is 241 g/mol. The molecule has 1 aliphatic rings. The molecule has 0 bridgehead atoms. The molecule has 0 unspecified atom stereocenters. The second-order valence-corrected chi connectivity index (χ2v) is 4.34. The largest absolute Gasteiger partial charge is 0.394 e. The van der Waals surface area contributed by atoms with Crippen LogP contribution in [0, 0.1) is 11.6 Å². The number of aliphatic hydroxyl groups is 1. The molecule has 17 heavy (non-hydrogen) atoms. The Labute approximate surface area is 97.5 Å². The molecule has 2 rings (SSSR count). The monoisotopic (exact) mass is 241 g/mol. The van der Waals surface area contributed by atoms with E-state index in [1.807, 2.05) is 0 Å². The van der Waals surface area contributed by atoms with Crippen LogP contribution in [0.4, 0.5) is 8.78 Å². The van der Waals surface area contributed by atoms with E-state index in [-0.39, 0.29) is 6.61 Å². The number of rotatable bonds is 3. The molecule has 1 amide bonds. The molecule has 1 aromatic carbocycles. The lowest BCUT2D eigenvalue weighted by molar-refractivity contribution is 0.0635. The first kappa shape index (κ1) is 12.0. The predicted molar refractivity (Wildman–Crippen MR) is 57.5 cm³/mol. The molecule has 0 atom stereocenters. The van der Waals surface area contributed by atoms with Crippen molar-refractivity contribution < 1.29 is 18.7 Å². The molecule has 0 radical (unpaired) electrons. The van der Waals surface area contributed by atoms with Gasteiger partial charge in [-0.15, -0.1) is 0 Å². The van der Waals surface area contributed by atoms with Crippen LogP contribution in [0.2, 0.25) is 0 Å². The van der Waals surface area contributed by atoms with Crippen LogP contribution in [0.1, 0.15) is 29.6 Å². The molecule has 3 nitrogen and oxygen atoms in total. The van der Waals surface area contributed by atoms with Gasteiger partial charge in [-0.3, -0.25) is 4.79 Å². The molecule has 0 aliphatic heterocycles. The molecule has 5 heteroatoms. The Morgan fingerprint density at radius 2 is 1.94 bits per heavy atom. The van der Waals surface area contributed by atoms with Gasteiger partial charge in [0.15, 0.2) is 0 Å². The molecule has 2 N–H and O–H groups in total. The third kappa shape index (κ3) is 2.15. The maximum absolute atomic E-state index is 13.3. The maximum atomic E-state index is 13.3. The lowest BCUT2D eigenvalue weighted by Crippen LogP contribution is -2.56. The van der Waals surface area contributed by atoms with Crippen molar-refractivity contribution in [2.45, 2.75) is 24.8 Å². The summed E-state index contributed by atoms with van der Waals surface area (Å²) in [6.45, 7) is -0.213. The van der Waals surface area contributed by atoms with Crippen LogP contribution in [-0.2, 0) is 0 Å². The standard InChI is InChI=1S/C12H13F2NO2/c13-8-3-1-4-9(14)10(8)11(17)15-12(7-16)5-2-6-12/h1,3-4,16H,2,5-7H2,(H,15,17). The summed E-state index contributed by atoms with van der Waals surface area (Å²) < 4.78 is 26.7. The number of hydrogen-bond donors (Lipinski definition) is 2. The SMILES string of the molecule is O=C(NC1(CO)CCC1)c1c(F)cccc1F. The zero-order valence-electron chi connectivity index (χ0n) is 9.17. The lowest BCUT2D eigenvalue weighted by atomic mass is 9.77. The number of benzene rings is 1. The van der Waals surface area contributed by atoms with E-state index in [4.69, 9.17) is 5.11 Å². The fraction of sp³-hybridized carbons (Fsp3) is 0.417. The van der Waals surface area contributed by atoms with Gasteiger partial charge in [0.05, 0.1) is 12.1 Å². The van der Waals surface area contributed by atoms with Gasteiger partial charge in [-0.05, 0) is 31.4 Å². The van der Waals surface area contributed by atoms with E-state index in [2.05, 4.69) is 5.32 Å². The zero-order valence-corrected chi connectivity index (χ0v) is 9.17. The van der Waals surface area contributed by atoms with Crippen LogP contribution in [0.5, 0.6) is 0 Å². The molecule has 0 aromatic heterocycles. The van der Waals surface area contributed by atoms with Crippen LogP contribution >= 0.6 is 0 Å². The summed E-state index contributed by atoms with van der Waals surface area (Å²) in [6.07, 6.45) is 2.15. The second kappa shape index (κ2) is 4.41. The van der Waals surface area contributed by atoms with E-state index in [0.29, 0.717) is 12.8 Å². The number of hydrogen-bond acceptors (Lipinski definition) is 2. The molecular weight excluding hydrogens is 228 g/mol. The minimum Gasteiger partial charge on any atom is -0.394 e. The second-order valence-electron chi connectivity index (χ2n) is 4.34. The third-order valence-corrected chi connectivity index (χ3v) is 3.18. The Morgan fingerprint density at radius 1 is 1.35 bits per heavy atom. The summed E-state index contributed by atoms with van der Waals surface area (Å²) in [7, 11) is 0. The van der Waals surface area contributed by atoms with Crippen LogP contribution < -0.4 is 5.32 Å². The molecule has 0 spiro atoms. The highest BCUT2D eigenvalue weighted by Crippen LogP contribution is 2.31. The normalized spacial score (nSPS) is 17.4. The summed E-state index contributed by atoms with van der Waals surface area (Å²) >= 11 is 0. The van der Waals surface area contributed by atoms with E-state index in [9.17, 15) is 13.6 Å². The van der Waals surface area contributed by atoms with Gasteiger partial charge in [-0.2, -0.15) is 0 Å². The zero-order chi connectivity index (χ0) is 12.5. The van der Waals surface area contributed by atoms with E-state index in [1.54, 1.807) is 0 Å². The predicted octanol–water partition coefficient (Wildman–Crippen LogP) is 1.61. The van der Waals surface area contributed by atoms with Gasteiger partial charge in [-0.1, -0.05) is 6.07 Å². The van der Waals surface area contributed by atoms with Gasteiger partial charge in [0, 0.05) is 0 Å².